The van der Waals surface area contributed by atoms with Gasteiger partial charge in [0, 0.05) is 13.5 Å². The third-order valence-electron chi connectivity index (χ3n) is 1.60. The van der Waals surface area contributed by atoms with Gasteiger partial charge in [-0.2, -0.15) is 20.3 Å². The molecule has 0 spiro atoms. The second-order valence-corrected chi connectivity index (χ2v) is 2.88. The van der Waals surface area contributed by atoms with Crippen molar-refractivity contribution < 1.29 is 4.79 Å². The number of aromatic nitrogens is 3. The summed E-state index contributed by atoms with van der Waals surface area (Å²) in [6, 6.07) is 2.00. The van der Waals surface area contributed by atoms with Gasteiger partial charge in [0.2, 0.25) is 0 Å². The van der Waals surface area contributed by atoms with E-state index in [1.165, 1.54) is 11.0 Å². The van der Waals surface area contributed by atoms with Crippen LogP contribution in [0.5, 0.6) is 0 Å². The summed E-state index contributed by atoms with van der Waals surface area (Å²) < 4.78 is 0. The monoisotopic (exact) mass is 178 g/mol. The lowest BCUT2D eigenvalue weighted by molar-refractivity contribution is 0.0967. The summed E-state index contributed by atoms with van der Waals surface area (Å²) in [5.41, 5.74) is 0.324. The van der Waals surface area contributed by atoms with Crippen LogP contribution in [-0.2, 0) is 7.05 Å². The Morgan fingerprint density at radius 3 is 3.00 bits per heavy atom. The third-order valence-corrected chi connectivity index (χ3v) is 1.60. The number of Topliss-reactive ketones (excluding diaryl/α,β-unsaturated/α-hetero) is 1. The minimum atomic E-state index is -0.269. The zero-order chi connectivity index (χ0) is 9.84. The van der Waals surface area contributed by atoms with E-state index < -0.39 is 0 Å². The van der Waals surface area contributed by atoms with Crippen LogP contribution < -0.4 is 0 Å². The molecule has 0 aliphatic heterocycles. The van der Waals surface area contributed by atoms with Crippen molar-refractivity contribution >= 4 is 5.78 Å². The molecule has 1 atom stereocenters. The number of aryl methyl sites for hydroxylation is 1. The summed E-state index contributed by atoms with van der Waals surface area (Å²) in [5, 5.41) is 16.1. The number of nitrogens with zero attached hydrogens (tertiary/aromatic N) is 4. The Morgan fingerprint density at radius 2 is 2.54 bits per heavy atom. The van der Waals surface area contributed by atoms with Gasteiger partial charge in [-0.1, -0.05) is 0 Å². The first-order chi connectivity index (χ1) is 6.13. The minimum absolute atomic E-state index is 0.137. The lowest BCUT2D eigenvalue weighted by atomic mass is 10.1. The van der Waals surface area contributed by atoms with Gasteiger partial charge in [0.05, 0.1) is 18.2 Å². The van der Waals surface area contributed by atoms with Crippen LogP contribution >= 0.6 is 0 Å². The quantitative estimate of drug-likeness (QED) is 0.633. The highest BCUT2D eigenvalue weighted by Crippen LogP contribution is 2.05. The van der Waals surface area contributed by atoms with Crippen LogP contribution in [0, 0.1) is 17.2 Å². The predicted molar refractivity (Wildman–Crippen MR) is 44.7 cm³/mol. The van der Waals surface area contributed by atoms with E-state index in [1.54, 1.807) is 14.0 Å². The molecular weight excluding hydrogens is 168 g/mol. The van der Waals surface area contributed by atoms with Gasteiger partial charge in [-0.25, -0.2) is 0 Å². The zero-order valence-electron chi connectivity index (χ0n) is 7.56. The highest BCUT2D eigenvalue weighted by molar-refractivity contribution is 5.94. The fourth-order valence-corrected chi connectivity index (χ4v) is 0.902. The molecule has 0 amide bonds. The molecule has 13 heavy (non-hydrogen) atoms. The molecule has 0 aliphatic carbocycles. The highest BCUT2D eigenvalue weighted by Gasteiger charge is 2.13. The first-order valence-electron chi connectivity index (χ1n) is 3.92. The van der Waals surface area contributed by atoms with Crippen molar-refractivity contribution in [3.8, 4) is 6.07 Å². The van der Waals surface area contributed by atoms with Crippen LogP contribution in [0.3, 0.4) is 0 Å². The minimum Gasteiger partial charge on any atom is -0.292 e. The normalized spacial score (nSPS) is 12.1. The van der Waals surface area contributed by atoms with Gasteiger partial charge in [0.25, 0.3) is 0 Å². The van der Waals surface area contributed by atoms with Crippen LogP contribution in [0.1, 0.15) is 23.8 Å². The van der Waals surface area contributed by atoms with E-state index in [0.717, 1.165) is 0 Å². The van der Waals surface area contributed by atoms with E-state index >= 15 is 0 Å². The number of nitriles is 1. The molecule has 1 unspecified atom stereocenters. The number of hydrogen-bond donors (Lipinski definition) is 0. The Morgan fingerprint density at radius 1 is 1.85 bits per heavy atom. The fraction of sp³-hybridized carbons (Fsp3) is 0.500. The number of carbonyl (C=O) groups is 1. The van der Waals surface area contributed by atoms with Crippen molar-refractivity contribution in [1.29, 1.82) is 5.26 Å². The topological polar surface area (TPSA) is 71.6 Å². The molecule has 0 fully saturated rings. The SMILES string of the molecule is CC(C#N)CC(=O)c1cnn(C)n1. The van der Waals surface area contributed by atoms with Crippen LogP contribution in [0.15, 0.2) is 6.20 Å². The van der Waals surface area contributed by atoms with E-state index in [4.69, 9.17) is 5.26 Å². The molecule has 5 heteroatoms. The van der Waals surface area contributed by atoms with E-state index in [-0.39, 0.29) is 18.1 Å². The van der Waals surface area contributed by atoms with Gasteiger partial charge in [0.15, 0.2) is 5.78 Å². The molecule has 0 aromatic carbocycles. The summed E-state index contributed by atoms with van der Waals surface area (Å²) >= 11 is 0. The molecular formula is C8H10N4O. The molecule has 1 rings (SSSR count). The van der Waals surface area contributed by atoms with E-state index in [2.05, 4.69) is 10.2 Å². The average molecular weight is 178 g/mol. The number of ketones is 1. The van der Waals surface area contributed by atoms with Crippen LogP contribution in [0.2, 0.25) is 0 Å². The lowest BCUT2D eigenvalue weighted by Crippen LogP contribution is -2.06. The molecule has 0 saturated heterocycles. The Kier molecular flexibility index (Phi) is 2.75. The van der Waals surface area contributed by atoms with Gasteiger partial charge in [-0.15, -0.1) is 0 Å². The Hall–Kier alpha value is -1.70. The van der Waals surface area contributed by atoms with Crippen LogP contribution in [-0.4, -0.2) is 20.8 Å². The predicted octanol–water partition coefficient (Wildman–Crippen LogP) is 0.548. The lowest BCUT2D eigenvalue weighted by Gasteiger charge is -1.96. The second kappa shape index (κ2) is 3.81. The zero-order valence-corrected chi connectivity index (χ0v) is 7.56. The molecule has 0 N–H and O–H groups in total. The van der Waals surface area contributed by atoms with Gasteiger partial charge in [-0.3, -0.25) is 4.79 Å². The molecule has 68 valence electrons. The van der Waals surface area contributed by atoms with Crippen molar-refractivity contribution in [1.82, 2.24) is 15.0 Å². The van der Waals surface area contributed by atoms with E-state index in [1.807, 2.05) is 6.07 Å². The maximum absolute atomic E-state index is 11.4. The Balaban J connectivity index is 2.65. The van der Waals surface area contributed by atoms with Crippen molar-refractivity contribution in [2.75, 3.05) is 0 Å². The summed E-state index contributed by atoms with van der Waals surface area (Å²) in [7, 11) is 1.64. The van der Waals surface area contributed by atoms with Crippen LogP contribution in [0.25, 0.3) is 0 Å². The first-order valence-corrected chi connectivity index (χ1v) is 3.92. The maximum atomic E-state index is 11.4. The molecule has 0 aliphatic rings. The molecule has 5 nitrogen and oxygen atoms in total. The van der Waals surface area contributed by atoms with Crippen LogP contribution in [0.4, 0.5) is 0 Å². The van der Waals surface area contributed by atoms with E-state index in [0.29, 0.717) is 5.69 Å². The number of hydrogen-bond acceptors (Lipinski definition) is 4. The fourth-order valence-electron chi connectivity index (χ4n) is 0.902. The largest absolute Gasteiger partial charge is 0.292 e. The Labute approximate surface area is 76.0 Å². The molecule has 0 radical (unpaired) electrons. The molecule has 1 heterocycles. The molecule has 1 aromatic heterocycles. The van der Waals surface area contributed by atoms with Crippen molar-refractivity contribution in [3.05, 3.63) is 11.9 Å². The smallest absolute Gasteiger partial charge is 0.186 e. The van der Waals surface area contributed by atoms with Gasteiger partial charge < -0.3 is 0 Å². The number of rotatable bonds is 3. The summed E-state index contributed by atoms with van der Waals surface area (Å²) in [5.74, 6) is -0.406. The Bertz CT molecular complexity index is 349. The van der Waals surface area contributed by atoms with Gasteiger partial charge >= 0.3 is 0 Å². The van der Waals surface area contributed by atoms with Gasteiger partial charge in [0.1, 0.15) is 5.69 Å². The third kappa shape index (κ3) is 2.37. The summed E-state index contributed by atoms with van der Waals surface area (Å²) in [4.78, 5) is 12.7. The molecule has 0 bridgehead atoms. The average Bonchev–Trinajstić information content (AvgIpc) is 2.51. The van der Waals surface area contributed by atoms with Gasteiger partial charge in [-0.05, 0) is 6.92 Å². The number of carbonyl (C=O) groups excluding carboxylic acids is 1. The molecule has 1 aromatic rings. The molecule has 0 saturated carbocycles. The van der Waals surface area contributed by atoms with Crippen molar-refractivity contribution in [3.63, 3.8) is 0 Å². The summed E-state index contributed by atoms with van der Waals surface area (Å²) in [6.45, 7) is 1.70. The standard InChI is InChI=1S/C8H10N4O/c1-6(4-9)3-8(13)7-5-10-12(2)11-7/h5-6H,3H2,1-2H3. The maximum Gasteiger partial charge on any atom is 0.186 e. The van der Waals surface area contributed by atoms with Crippen molar-refractivity contribution in [2.45, 2.75) is 13.3 Å². The van der Waals surface area contributed by atoms with Crippen molar-refractivity contribution in [2.24, 2.45) is 13.0 Å². The second-order valence-electron chi connectivity index (χ2n) is 2.88. The summed E-state index contributed by atoms with van der Waals surface area (Å²) in [6.07, 6.45) is 1.61. The van der Waals surface area contributed by atoms with E-state index in [9.17, 15) is 4.79 Å². The first kappa shape index (κ1) is 9.39. The highest BCUT2D eigenvalue weighted by atomic mass is 16.1.